The molecule has 0 aromatic heterocycles. The summed E-state index contributed by atoms with van der Waals surface area (Å²) in [7, 11) is 0. The molecular formula is C12H22N2O3. The maximum Gasteiger partial charge on any atom is 0.254 e. The summed E-state index contributed by atoms with van der Waals surface area (Å²) in [5.41, 5.74) is 5.52. The fraction of sp³-hybridized carbons (Fsp3) is 0.917. The normalized spacial score (nSPS) is 29.6. The zero-order valence-corrected chi connectivity index (χ0v) is 10.3. The number of amides is 1. The van der Waals surface area contributed by atoms with Gasteiger partial charge in [-0.2, -0.15) is 0 Å². The molecule has 2 saturated heterocycles. The van der Waals surface area contributed by atoms with Crippen LogP contribution >= 0.6 is 0 Å². The second kappa shape index (κ2) is 6.33. The van der Waals surface area contributed by atoms with E-state index in [1.165, 1.54) is 0 Å². The third-order valence-corrected chi connectivity index (χ3v) is 3.49. The smallest absolute Gasteiger partial charge is 0.254 e. The summed E-state index contributed by atoms with van der Waals surface area (Å²) in [6, 6.07) is 0.358. The van der Waals surface area contributed by atoms with E-state index in [9.17, 15) is 4.79 Å². The Balaban J connectivity index is 1.88. The second-order valence-corrected chi connectivity index (χ2v) is 4.69. The van der Waals surface area contributed by atoms with E-state index in [1.807, 2.05) is 4.90 Å². The van der Waals surface area contributed by atoms with E-state index in [2.05, 4.69) is 0 Å². The Morgan fingerprint density at radius 2 is 2.29 bits per heavy atom. The van der Waals surface area contributed by atoms with Gasteiger partial charge in [-0.15, -0.1) is 0 Å². The fourth-order valence-electron chi connectivity index (χ4n) is 2.59. The highest BCUT2D eigenvalue weighted by molar-refractivity contribution is 5.81. The van der Waals surface area contributed by atoms with Crippen LogP contribution in [0, 0.1) is 0 Å². The van der Waals surface area contributed by atoms with Crippen LogP contribution in [0.25, 0.3) is 0 Å². The van der Waals surface area contributed by atoms with Gasteiger partial charge in [-0.25, -0.2) is 0 Å². The van der Waals surface area contributed by atoms with E-state index in [4.69, 9.17) is 15.2 Å². The molecule has 0 spiro atoms. The van der Waals surface area contributed by atoms with Gasteiger partial charge >= 0.3 is 0 Å². The highest BCUT2D eigenvalue weighted by atomic mass is 16.6. The predicted octanol–water partition coefficient (Wildman–Crippen LogP) is 0.132. The number of carbonyl (C=O) groups excluding carboxylic acids is 1. The average molecular weight is 242 g/mol. The van der Waals surface area contributed by atoms with Crippen LogP contribution in [0.5, 0.6) is 0 Å². The molecule has 0 saturated carbocycles. The van der Waals surface area contributed by atoms with Gasteiger partial charge in [0.2, 0.25) is 0 Å². The van der Waals surface area contributed by atoms with Crippen LogP contribution in [0.3, 0.4) is 0 Å². The lowest BCUT2D eigenvalue weighted by molar-refractivity contribution is -0.158. The van der Waals surface area contributed by atoms with Crippen LogP contribution in [0.4, 0.5) is 0 Å². The first-order chi connectivity index (χ1) is 8.33. The SMILES string of the molecule is NCCCC1CCCN1C(=O)C1COCCO1. The van der Waals surface area contributed by atoms with Gasteiger partial charge in [-0.3, -0.25) is 4.79 Å². The molecule has 2 fully saturated rings. The summed E-state index contributed by atoms with van der Waals surface area (Å²) < 4.78 is 10.8. The molecule has 0 bridgehead atoms. The first kappa shape index (κ1) is 12.8. The molecule has 2 aliphatic rings. The lowest BCUT2D eigenvalue weighted by Gasteiger charge is -2.30. The zero-order valence-electron chi connectivity index (χ0n) is 10.3. The van der Waals surface area contributed by atoms with Crippen molar-refractivity contribution in [3.8, 4) is 0 Å². The number of rotatable bonds is 4. The topological polar surface area (TPSA) is 64.8 Å². The molecule has 0 aliphatic carbocycles. The molecule has 0 radical (unpaired) electrons. The average Bonchev–Trinajstić information content (AvgIpc) is 2.84. The highest BCUT2D eigenvalue weighted by Gasteiger charge is 2.34. The molecule has 0 aromatic carbocycles. The van der Waals surface area contributed by atoms with Crippen LogP contribution in [0.15, 0.2) is 0 Å². The van der Waals surface area contributed by atoms with Gasteiger partial charge in [0.1, 0.15) is 0 Å². The van der Waals surface area contributed by atoms with Gasteiger partial charge in [0.25, 0.3) is 5.91 Å². The standard InChI is InChI=1S/C12H22N2O3/c13-5-1-3-10-4-2-6-14(10)12(15)11-9-16-7-8-17-11/h10-11H,1-9,13H2. The van der Waals surface area contributed by atoms with Crippen molar-refractivity contribution >= 4 is 5.91 Å². The van der Waals surface area contributed by atoms with Gasteiger partial charge in [0, 0.05) is 12.6 Å². The van der Waals surface area contributed by atoms with Crippen molar-refractivity contribution < 1.29 is 14.3 Å². The summed E-state index contributed by atoms with van der Waals surface area (Å²) in [4.78, 5) is 14.2. The minimum absolute atomic E-state index is 0.101. The molecule has 5 heteroatoms. The third kappa shape index (κ3) is 3.18. The van der Waals surface area contributed by atoms with E-state index >= 15 is 0 Å². The van der Waals surface area contributed by atoms with E-state index < -0.39 is 0 Å². The van der Waals surface area contributed by atoms with Gasteiger partial charge in [-0.1, -0.05) is 0 Å². The lowest BCUT2D eigenvalue weighted by atomic mass is 10.1. The van der Waals surface area contributed by atoms with Crippen LogP contribution < -0.4 is 5.73 Å². The maximum atomic E-state index is 12.3. The van der Waals surface area contributed by atoms with Crippen molar-refractivity contribution in [2.45, 2.75) is 37.8 Å². The summed E-state index contributed by atoms with van der Waals surface area (Å²) >= 11 is 0. The van der Waals surface area contributed by atoms with Crippen LogP contribution in [-0.2, 0) is 14.3 Å². The summed E-state index contributed by atoms with van der Waals surface area (Å²) in [6.45, 7) is 3.08. The minimum atomic E-state index is -0.387. The molecule has 2 atom stereocenters. The molecule has 0 aromatic rings. The highest BCUT2D eigenvalue weighted by Crippen LogP contribution is 2.23. The Bertz CT molecular complexity index is 254. The van der Waals surface area contributed by atoms with Crippen LogP contribution in [-0.4, -0.2) is 55.9 Å². The van der Waals surface area contributed by atoms with Crippen molar-refractivity contribution in [3.63, 3.8) is 0 Å². The summed E-state index contributed by atoms with van der Waals surface area (Å²) in [5.74, 6) is 0.101. The Hall–Kier alpha value is -0.650. The molecule has 5 nitrogen and oxygen atoms in total. The molecule has 98 valence electrons. The number of hydrogen-bond acceptors (Lipinski definition) is 4. The number of nitrogens with two attached hydrogens (primary N) is 1. The largest absolute Gasteiger partial charge is 0.376 e. The van der Waals surface area contributed by atoms with Crippen molar-refractivity contribution in [2.75, 3.05) is 32.9 Å². The molecule has 2 rings (SSSR count). The summed E-state index contributed by atoms with van der Waals surface area (Å²) in [6.07, 6.45) is 3.79. The molecule has 2 heterocycles. The molecule has 17 heavy (non-hydrogen) atoms. The summed E-state index contributed by atoms with van der Waals surface area (Å²) in [5, 5.41) is 0. The van der Waals surface area contributed by atoms with Crippen molar-refractivity contribution in [3.05, 3.63) is 0 Å². The third-order valence-electron chi connectivity index (χ3n) is 3.49. The van der Waals surface area contributed by atoms with Gasteiger partial charge in [0.15, 0.2) is 6.10 Å². The Labute approximate surface area is 102 Å². The quantitative estimate of drug-likeness (QED) is 0.761. The molecule has 1 amide bonds. The van der Waals surface area contributed by atoms with Crippen molar-refractivity contribution in [1.82, 2.24) is 4.90 Å². The lowest BCUT2D eigenvalue weighted by Crippen LogP contribution is -2.47. The minimum Gasteiger partial charge on any atom is -0.376 e. The first-order valence-electron chi connectivity index (χ1n) is 6.53. The van der Waals surface area contributed by atoms with Crippen molar-refractivity contribution in [2.24, 2.45) is 5.73 Å². The van der Waals surface area contributed by atoms with Crippen molar-refractivity contribution in [1.29, 1.82) is 0 Å². The number of ether oxygens (including phenoxy) is 2. The van der Waals surface area contributed by atoms with Gasteiger partial charge < -0.3 is 20.1 Å². The molecular weight excluding hydrogens is 220 g/mol. The van der Waals surface area contributed by atoms with Crippen LogP contribution in [0.2, 0.25) is 0 Å². The van der Waals surface area contributed by atoms with E-state index in [0.29, 0.717) is 32.4 Å². The van der Waals surface area contributed by atoms with Gasteiger partial charge in [0.05, 0.1) is 19.8 Å². The van der Waals surface area contributed by atoms with E-state index in [-0.39, 0.29) is 12.0 Å². The molecule has 2 N–H and O–H groups in total. The number of likely N-dealkylation sites (tertiary alicyclic amines) is 1. The number of nitrogens with zero attached hydrogens (tertiary/aromatic N) is 1. The molecule has 2 aliphatic heterocycles. The van der Waals surface area contributed by atoms with Crippen LogP contribution in [0.1, 0.15) is 25.7 Å². The maximum absolute atomic E-state index is 12.3. The van der Waals surface area contributed by atoms with E-state index in [0.717, 1.165) is 32.2 Å². The predicted molar refractivity (Wildman–Crippen MR) is 63.6 cm³/mol. The van der Waals surface area contributed by atoms with E-state index in [1.54, 1.807) is 0 Å². The van der Waals surface area contributed by atoms with Gasteiger partial charge in [-0.05, 0) is 32.2 Å². The first-order valence-corrected chi connectivity index (χ1v) is 6.53. The Morgan fingerprint density at radius 3 is 3.00 bits per heavy atom. The number of carbonyl (C=O) groups is 1. The monoisotopic (exact) mass is 242 g/mol. The molecule has 2 unspecified atom stereocenters. The Kier molecular flexibility index (Phi) is 4.76. The Morgan fingerprint density at radius 1 is 1.41 bits per heavy atom. The zero-order chi connectivity index (χ0) is 12.1. The fourth-order valence-corrected chi connectivity index (χ4v) is 2.59. The second-order valence-electron chi connectivity index (χ2n) is 4.69. The number of hydrogen-bond donors (Lipinski definition) is 1.